The highest BCUT2D eigenvalue weighted by molar-refractivity contribution is 6.45. The summed E-state index contributed by atoms with van der Waals surface area (Å²) in [6, 6.07) is 15.3. The number of oxime groups is 1. The summed E-state index contributed by atoms with van der Waals surface area (Å²) in [5.74, 6) is 0.540. The van der Waals surface area contributed by atoms with Gasteiger partial charge in [0.15, 0.2) is 5.71 Å². The first-order valence-corrected chi connectivity index (χ1v) is 7.83. The number of carbonyl (C=O) groups is 1. The fourth-order valence-electron chi connectivity index (χ4n) is 2.30. The number of likely N-dealkylation sites (N-methyl/N-ethyl adjacent to an activating group) is 1. The highest BCUT2D eigenvalue weighted by Crippen LogP contribution is 2.19. The number of nitrogens with one attached hydrogen (secondary N) is 1. The predicted molar refractivity (Wildman–Crippen MR) is 94.2 cm³/mol. The molecule has 0 heterocycles. The van der Waals surface area contributed by atoms with E-state index < -0.39 is 0 Å². The van der Waals surface area contributed by atoms with Crippen molar-refractivity contribution in [3.8, 4) is 5.75 Å². The number of hydrogen-bond acceptors (Lipinski definition) is 4. The maximum absolute atomic E-state index is 12.3. The second-order valence-electron chi connectivity index (χ2n) is 5.19. The third-order valence-electron chi connectivity index (χ3n) is 3.48. The van der Waals surface area contributed by atoms with Crippen molar-refractivity contribution in [3.63, 3.8) is 0 Å². The maximum Gasteiger partial charge on any atom is 0.273 e. The number of nitrogens with zero attached hydrogens (tertiary/aromatic N) is 1. The zero-order valence-electron chi connectivity index (χ0n) is 14.2. The maximum atomic E-state index is 12.3. The molecule has 0 bridgehead atoms. The summed E-state index contributed by atoms with van der Waals surface area (Å²) in [7, 11) is 1.42. The lowest BCUT2D eigenvalue weighted by Crippen LogP contribution is -2.32. The largest absolute Gasteiger partial charge is 0.489 e. The molecule has 1 N–H and O–H groups in total. The summed E-state index contributed by atoms with van der Waals surface area (Å²) < 4.78 is 5.90. The highest BCUT2D eigenvalue weighted by Gasteiger charge is 2.18. The Morgan fingerprint density at radius 2 is 1.83 bits per heavy atom. The number of carbonyl (C=O) groups excluding carboxylic acids is 1. The zero-order chi connectivity index (χ0) is 17.4. The van der Waals surface area contributed by atoms with Gasteiger partial charge in [0.25, 0.3) is 5.91 Å². The van der Waals surface area contributed by atoms with Crippen molar-refractivity contribution >= 4 is 11.6 Å². The Morgan fingerprint density at radius 1 is 1.12 bits per heavy atom. The van der Waals surface area contributed by atoms with Crippen molar-refractivity contribution in [1.82, 2.24) is 5.32 Å². The standard InChI is InChI=1S/C19H22N2O3/c1-4-20-19(22)18(21-23-3)16-11-7-6-10-15(16)13-24-17-12-8-5-9-14(17)2/h5-12H,4,13H2,1-3H3,(H,20,22)/b21-18+. The number of hydrogen-bond donors (Lipinski definition) is 1. The van der Waals surface area contributed by atoms with Crippen molar-refractivity contribution in [1.29, 1.82) is 0 Å². The van der Waals surface area contributed by atoms with Crippen LogP contribution in [0.4, 0.5) is 0 Å². The van der Waals surface area contributed by atoms with E-state index in [0.717, 1.165) is 16.9 Å². The lowest BCUT2D eigenvalue weighted by atomic mass is 10.0. The van der Waals surface area contributed by atoms with Crippen LogP contribution in [0.15, 0.2) is 53.7 Å². The fraction of sp³-hybridized carbons (Fsp3) is 0.263. The normalized spacial score (nSPS) is 11.0. The van der Waals surface area contributed by atoms with Crippen LogP contribution in [0.25, 0.3) is 0 Å². The lowest BCUT2D eigenvalue weighted by Gasteiger charge is -2.13. The van der Waals surface area contributed by atoms with Crippen LogP contribution in [0, 0.1) is 6.92 Å². The Hall–Kier alpha value is -2.82. The van der Waals surface area contributed by atoms with E-state index in [-0.39, 0.29) is 11.6 Å². The van der Waals surface area contributed by atoms with Crippen LogP contribution in [-0.2, 0) is 16.2 Å². The molecule has 5 nitrogen and oxygen atoms in total. The molecule has 0 saturated carbocycles. The molecule has 0 unspecified atom stereocenters. The average molecular weight is 326 g/mol. The monoisotopic (exact) mass is 326 g/mol. The lowest BCUT2D eigenvalue weighted by molar-refractivity contribution is -0.114. The average Bonchev–Trinajstić information content (AvgIpc) is 2.59. The molecule has 24 heavy (non-hydrogen) atoms. The Bertz CT molecular complexity index is 726. The second kappa shape index (κ2) is 8.72. The van der Waals surface area contributed by atoms with Gasteiger partial charge in [-0.25, -0.2) is 0 Å². The minimum Gasteiger partial charge on any atom is -0.489 e. The van der Waals surface area contributed by atoms with Crippen LogP contribution in [-0.4, -0.2) is 25.3 Å². The van der Waals surface area contributed by atoms with Crippen LogP contribution in [0.2, 0.25) is 0 Å². The van der Waals surface area contributed by atoms with Crippen LogP contribution in [0.3, 0.4) is 0 Å². The Labute approximate surface area is 142 Å². The molecular weight excluding hydrogens is 304 g/mol. The topological polar surface area (TPSA) is 59.9 Å². The van der Waals surface area contributed by atoms with E-state index in [1.807, 2.05) is 62.4 Å². The van der Waals surface area contributed by atoms with Gasteiger partial charge in [-0.3, -0.25) is 4.79 Å². The van der Waals surface area contributed by atoms with Gasteiger partial charge in [0.2, 0.25) is 0 Å². The molecule has 1 amide bonds. The second-order valence-corrected chi connectivity index (χ2v) is 5.19. The van der Waals surface area contributed by atoms with E-state index in [1.165, 1.54) is 7.11 Å². The first-order valence-electron chi connectivity index (χ1n) is 7.83. The molecule has 0 fully saturated rings. The van der Waals surface area contributed by atoms with Gasteiger partial charge in [-0.1, -0.05) is 47.6 Å². The van der Waals surface area contributed by atoms with E-state index >= 15 is 0 Å². The summed E-state index contributed by atoms with van der Waals surface area (Å²) in [5.41, 5.74) is 2.86. The minimum absolute atomic E-state index is 0.239. The zero-order valence-corrected chi connectivity index (χ0v) is 14.2. The quantitative estimate of drug-likeness (QED) is 0.628. The van der Waals surface area contributed by atoms with Gasteiger partial charge in [0.1, 0.15) is 19.5 Å². The SMILES string of the molecule is CCNC(=O)/C(=N/OC)c1ccccc1COc1ccccc1C. The van der Waals surface area contributed by atoms with E-state index in [9.17, 15) is 4.79 Å². The minimum atomic E-state index is -0.275. The summed E-state index contributed by atoms with van der Waals surface area (Å²) in [5, 5.41) is 6.64. The third kappa shape index (κ3) is 4.35. The molecule has 2 aromatic rings. The third-order valence-corrected chi connectivity index (χ3v) is 3.48. The smallest absolute Gasteiger partial charge is 0.273 e. The van der Waals surface area contributed by atoms with Gasteiger partial charge in [-0.05, 0) is 31.0 Å². The van der Waals surface area contributed by atoms with Gasteiger partial charge < -0.3 is 14.9 Å². The van der Waals surface area contributed by atoms with Gasteiger partial charge in [-0.15, -0.1) is 0 Å². The molecule has 126 valence electrons. The molecule has 0 atom stereocenters. The van der Waals surface area contributed by atoms with Crippen LogP contribution in [0.5, 0.6) is 5.75 Å². The molecule has 0 radical (unpaired) electrons. The molecule has 5 heteroatoms. The van der Waals surface area contributed by atoms with E-state index in [2.05, 4.69) is 10.5 Å². The molecule has 0 aromatic heterocycles. The first kappa shape index (κ1) is 17.5. The molecule has 2 aromatic carbocycles. The molecular formula is C19H22N2O3. The van der Waals surface area contributed by atoms with Gasteiger partial charge >= 0.3 is 0 Å². The summed E-state index contributed by atoms with van der Waals surface area (Å²) >= 11 is 0. The number of ether oxygens (including phenoxy) is 1. The number of rotatable bonds is 7. The van der Waals surface area contributed by atoms with Crippen molar-refractivity contribution < 1.29 is 14.4 Å². The number of para-hydroxylation sites is 1. The molecule has 0 aliphatic rings. The Kier molecular flexibility index (Phi) is 6.37. The Balaban J connectivity index is 2.27. The van der Waals surface area contributed by atoms with Crippen LogP contribution < -0.4 is 10.1 Å². The Morgan fingerprint density at radius 3 is 2.54 bits per heavy atom. The summed E-state index contributed by atoms with van der Waals surface area (Å²) in [6.45, 7) is 4.70. The molecule has 2 rings (SSSR count). The van der Waals surface area contributed by atoms with Crippen LogP contribution >= 0.6 is 0 Å². The van der Waals surface area contributed by atoms with Crippen molar-refractivity contribution in [2.24, 2.45) is 5.16 Å². The summed E-state index contributed by atoms with van der Waals surface area (Å²) in [6.07, 6.45) is 0. The van der Waals surface area contributed by atoms with Crippen molar-refractivity contribution in [2.45, 2.75) is 20.5 Å². The van der Waals surface area contributed by atoms with Gasteiger partial charge in [0.05, 0.1) is 0 Å². The molecule has 0 spiro atoms. The van der Waals surface area contributed by atoms with E-state index in [0.29, 0.717) is 18.7 Å². The molecule has 0 aliphatic heterocycles. The highest BCUT2D eigenvalue weighted by atomic mass is 16.6. The number of aryl methyl sites for hydroxylation is 1. The van der Waals surface area contributed by atoms with Gasteiger partial charge in [-0.2, -0.15) is 0 Å². The number of benzene rings is 2. The van der Waals surface area contributed by atoms with Crippen molar-refractivity contribution in [2.75, 3.05) is 13.7 Å². The number of amides is 1. The van der Waals surface area contributed by atoms with E-state index in [1.54, 1.807) is 0 Å². The van der Waals surface area contributed by atoms with Gasteiger partial charge in [0, 0.05) is 12.1 Å². The first-order chi connectivity index (χ1) is 11.7. The van der Waals surface area contributed by atoms with Crippen LogP contribution in [0.1, 0.15) is 23.6 Å². The summed E-state index contributed by atoms with van der Waals surface area (Å²) in [4.78, 5) is 17.1. The molecule has 0 aliphatic carbocycles. The van der Waals surface area contributed by atoms with Crippen molar-refractivity contribution in [3.05, 3.63) is 65.2 Å². The fourth-order valence-corrected chi connectivity index (χ4v) is 2.30. The predicted octanol–water partition coefficient (Wildman–Crippen LogP) is 3.06. The van der Waals surface area contributed by atoms with E-state index in [4.69, 9.17) is 9.57 Å². The molecule has 0 saturated heterocycles.